The summed E-state index contributed by atoms with van der Waals surface area (Å²) in [5.41, 5.74) is 1.78. The Labute approximate surface area is 140 Å². The van der Waals surface area contributed by atoms with Crippen molar-refractivity contribution >= 4 is 27.8 Å². The number of aromatic amines is 1. The van der Waals surface area contributed by atoms with Gasteiger partial charge in [0.2, 0.25) is 5.95 Å². The highest BCUT2D eigenvalue weighted by molar-refractivity contribution is 9.10. The predicted molar refractivity (Wildman–Crippen MR) is 88.6 cm³/mol. The van der Waals surface area contributed by atoms with Gasteiger partial charge in [-0.3, -0.25) is 15.2 Å². The summed E-state index contributed by atoms with van der Waals surface area (Å²) in [6.07, 6.45) is 0. The molecule has 0 atom stereocenters. The van der Waals surface area contributed by atoms with Crippen molar-refractivity contribution < 1.29 is 4.79 Å². The fourth-order valence-electron chi connectivity index (χ4n) is 1.95. The molecule has 2 N–H and O–H groups in total. The molecule has 6 nitrogen and oxygen atoms in total. The molecular formula is C16H10BrN5O. The lowest BCUT2D eigenvalue weighted by Gasteiger charge is -2.00. The van der Waals surface area contributed by atoms with Crippen LogP contribution in [0.2, 0.25) is 0 Å². The summed E-state index contributed by atoms with van der Waals surface area (Å²) >= 11 is 3.39. The number of nitrogens with one attached hydrogen (secondary N) is 2. The highest BCUT2D eigenvalue weighted by atomic mass is 79.9. The summed E-state index contributed by atoms with van der Waals surface area (Å²) in [5.74, 6) is 0.407. The summed E-state index contributed by atoms with van der Waals surface area (Å²) in [4.78, 5) is 16.4. The van der Waals surface area contributed by atoms with Crippen LogP contribution < -0.4 is 5.32 Å². The van der Waals surface area contributed by atoms with E-state index in [1.807, 2.05) is 30.3 Å². The molecule has 0 aliphatic rings. The van der Waals surface area contributed by atoms with Crippen LogP contribution in [0.15, 0.2) is 53.0 Å². The van der Waals surface area contributed by atoms with Gasteiger partial charge in [-0.15, -0.1) is 5.10 Å². The average Bonchev–Trinajstić information content (AvgIpc) is 3.03. The standard InChI is InChI=1S/C16H10BrN5O/c17-13-3-1-2-12(8-13)14-19-16(22-21-14)20-15(23)11-6-4-10(9-18)5-7-11/h1-8H,(H2,19,20,21,22,23). The van der Waals surface area contributed by atoms with Crippen molar-refractivity contribution in [2.24, 2.45) is 0 Å². The number of nitrogens with zero attached hydrogens (tertiary/aromatic N) is 3. The second kappa shape index (κ2) is 6.42. The Morgan fingerprint density at radius 3 is 2.70 bits per heavy atom. The minimum Gasteiger partial charge on any atom is -0.289 e. The molecule has 1 amide bonds. The molecular weight excluding hydrogens is 358 g/mol. The Kier molecular flexibility index (Phi) is 4.17. The molecule has 3 aromatic rings. The quantitative estimate of drug-likeness (QED) is 0.741. The number of hydrogen-bond donors (Lipinski definition) is 2. The van der Waals surface area contributed by atoms with E-state index in [0.29, 0.717) is 17.0 Å². The highest BCUT2D eigenvalue weighted by Gasteiger charge is 2.11. The third-order valence-corrected chi connectivity index (χ3v) is 3.58. The first-order valence-electron chi connectivity index (χ1n) is 6.65. The fraction of sp³-hybridized carbons (Fsp3) is 0. The zero-order chi connectivity index (χ0) is 16.2. The molecule has 0 fully saturated rings. The number of nitriles is 1. The lowest BCUT2D eigenvalue weighted by Crippen LogP contribution is -2.12. The van der Waals surface area contributed by atoms with Crippen molar-refractivity contribution in [2.45, 2.75) is 0 Å². The van der Waals surface area contributed by atoms with Crippen LogP contribution in [0, 0.1) is 11.3 Å². The molecule has 1 aromatic heterocycles. The summed E-state index contributed by atoms with van der Waals surface area (Å²) in [6.45, 7) is 0. The normalized spacial score (nSPS) is 10.1. The largest absolute Gasteiger partial charge is 0.289 e. The molecule has 0 bridgehead atoms. The van der Waals surface area contributed by atoms with Gasteiger partial charge in [-0.05, 0) is 36.4 Å². The van der Waals surface area contributed by atoms with Crippen molar-refractivity contribution in [1.29, 1.82) is 5.26 Å². The van der Waals surface area contributed by atoms with Gasteiger partial charge in [0.1, 0.15) is 0 Å². The van der Waals surface area contributed by atoms with Crippen LogP contribution in [0.5, 0.6) is 0 Å². The number of H-pyrrole nitrogens is 1. The van der Waals surface area contributed by atoms with Gasteiger partial charge in [0.25, 0.3) is 5.91 Å². The number of aromatic nitrogens is 3. The van der Waals surface area contributed by atoms with Crippen molar-refractivity contribution in [3.05, 3.63) is 64.1 Å². The number of halogens is 1. The van der Waals surface area contributed by atoms with Crippen molar-refractivity contribution in [2.75, 3.05) is 5.32 Å². The molecule has 7 heteroatoms. The topological polar surface area (TPSA) is 94.5 Å². The van der Waals surface area contributed by atoms with Gasteiger partial charge in [0.15, 0.2) is 5.82 Å². The van der Waals surface area contributed by atoms with Gasteiger partial charge in [-0.2, -0.15) is 10.2 Å². The number of rotatable bonds is 3. The summed E-state index contributed by atoms with van der Waals surface area (Å²) < 4.78 is 0.926. The Balaban J connectivity index is 1.76. The summed E-state index contributed by atoms with van der Waals surface area (Å²) in [6, 6.07) is 15.9. The van der Waals surface area contributed by atoms with Gasteiger partial charge in [0, 0.05) is 15.6 Å². The number of anilines is 1. The number of benzene rings is 2. The fourth-order valence-corrected chi connectivity index (χ4v) is 2.35. The van der Waals surface area contributed by atoms with Crippen LogP contribution in [0.4, 0.5) is 5.95 Å². The van der Waals surface area contributed by atoms with Gasteiger partial charge < -0.3 is 0 Å². The van der Waals surface area contributed by atoms with Crippen molar-refractivity contribution in [3.63, 3.8) is 0 Å². The number of hydrogen-bond acceptors (Lipinski definition) is 4. The van der Waals surface area contributed by atoms with E-state index in [9.17, 15) is 4.79 Å². The van der Waals surface area contributed by atoms with Crippen molar-refractivity contribution in [1.82, 2.24) is 15.2 Å². The van der Waals surface area contributed by atoms with Crippen LogP contribution >= 0.6 is 15.9 Å². The van der Waals surface area contributed by atoms with E-state index < -0.39 is 0 Å². The molecule has 0 spiro atoms. The molecule has 0 unspecified atom stereocenters. The second-order valence-electron chi connectivity index (χ2n) is 4.66. The van der Waals surface area contributed by atoms with E-state index in [0.717, 1.165) is 10.0 Å². The molecule has 0 aliphatic heterocycles. The molecule has 0 radical (unpaired) electrons. The summed E-state index contributed by atoms with van der Waals surface area (Å²) in [7, 11) is 0. The molecule has 0 aliphatic carbocycles. The monoisotopic (exact) mass is 367 g/mol. The molecule has 1 heterocycles. The second-order valence-corrected chi connectivity index (χ2v) is 5.58. The minimum absolute atomic E-state index is 0.189. The smallest absolute Gasteiger partial charge is 0.258 e. The van der Waals surface area contributed by atoms with Gasteiger partial charge in [0.05, 0.1) is 11.6 Å². The van der Waals surface area contributed by atoms with Gasteiger partial charge in [-0.1, -0.05) is 28.1 Å². The maximum absolute atomic E-state index is 12.1. The first-order valence-corrected chi connectivity index (χ1v) is 7.45. The number of amides is 1. The summed E-state index contributed by atoms with van der Waals surface area (Å²) in [5, 5.41) is 18.1. The van der Waals surface area contributed by atoms with Crippen LogP contribution in [0.1, 0.15) is 15.9 Å². The van der Waals surface area contributed by atoms with Gasteiger partial charge >= 0.3 is 0 Å². The van der Waals surface area contributed by atoms with E-state index in [1.54, 1.807) is 24.3 Å². The maximum Gasteiger partial charge on any atom is 0.258 e. The minimum atomic E-state index is -0.339. The highest BCUT2D eigenvalue weighted by Crippen LogP contribution is 2.20. The predicted octanol–water partition coefficient (Wildman–Crippen LogP) is 3.36. The molecule has 112 valence electrons. The molecule has 23 heavy (non-hydrogen) atoms. The Hall–Kier alpha value is -2.98. The Morgan fingerprint density at radius 2 is 2.00 bits per heavy atom. The Morgan fingerprint density at radius 1 is 1.22 bits per heavy atom. The molecule has 0 saturated carbocycles. The molecule has 0 saturated heterocycles. The number of carbonyl (C=O) groups excluding carboxylic acids is 1. The average molecular weight is 368 g/mol. The first kappa shape index (κ1) is 14.9. The maximum atomic E-state index is 12.1. The van der Waals surface area contributed by atoms with Gasteiger partial charge in [-0.25, -0.2) is 0 Å². The van der Waals surface area contributed by atoms with E-state index >= 15 is 0 Å². The Bertz CT molecular complexity index is 895. The SMILES string of the molecule is N#Cc1ccc(C(=O)Nc2n[nH]c(-c3cccc(Br)c3)n2)cc1. The lowest BCUT2D eigenvalue weighted by atomic mass is 10.1. The molecule has 3 rings (SSSR count). The van der Waals surface area contributed by atoms with Crippen molar-refractivity contribution in [3.8, 4) is 17.5 Å². The van der Waals surface area contributed by atoms with E-state index in [-0.39, 0.29) is 11.9 Å². The third-order valence-electron chi connectivity index (χ3n) is 3.08. The molecule has 2 aromatic carbocycles. The van der Waals surface area contributed by atoms with Crippen LogP contribution in [0.25, 0.3) is 11.4 Å². The first-order chi connectivity index (χ1) is 11.2. The van der Waals surface area contributed by atoms with E-state index in [2.05, 4.69) is 36.4 Å². The third kappa shape index (κ3) is 3.44. The zero-order valence-electron chi connectivity index (χ0n) is 11.7. The van der Waals surface area contributed by atoms with Crippen LogP contribution in [-0.4, -0.2) is 21.1 Å². The van der Waals surface area contributed by atoms with Crippen LogP contribution in [0.3, 0.4) is 0 Å². The van der Waals surface area contributed by atoms with E-state index in [4.69, 9.17) is 5.26 Å². The zero-order valence-corrected chi connectivity index (χ0v) is 13.3. The van der Waals surface area contributed by atoms with Crippen LogP contribution in [-0.2, 0) is 0 Å². The number of carbonyl (C=O) groups is 1. The lowest BCUT2D eigenvalue weighted by molar-refractivity contribution is 0.102. The van der Waals surface area contributed by atoms with E-state index in [1.165, 1.54) is 0 Å².